The summed E-state index contributed by atoms with van der Waals surface area (Å²) < 4.78 is 0. The molecule has 306 valence electrons. The van der Waals surface area contributed by atoms with Crippen LogP contribution in [0.1, 0.15) is 162 Å². The van der Waals surface area contributed by atoms with Gasteiger partial charge in [0.05, 0.1) is 0 Å². The van der Waals surface area contributed by atoms with Crippen LogP contribution in [0.3, 0.4) is 0 Å². The molecule has 0 bridgehead atoms. The van der Waals surface area contributed by atoms with Gasteiger partial charge in [0.25, 0.3) is 0 Å². The Morgan fingerprint density at radius 1 is 0.345 bits per heavy atom. The summed E-state index contributed by atoms with van der Waals surface area (Å²) in [5, 5.41) is 0. The molecule has 0 aliphatic carbocycles. The molecule has 0 atom stereocenters. The fourth-order valence-electron chi connectivity index (χ4n) is 7.72. The number of thiophene rings is 4. The van der Waals surface area contributed by atoms with Gasteiger partial charge in [-0.25, -0.2) is 0 Å². The molecule has 0 fully saturated rings. The summed E-state index contributed by atoms with van der Waals surface area (Å²) in [5.74, 6) is 6.92. The largest absolute Gasteiger partial charge is 0.139 e. The highest BCUT2D eigenvalue weighted by Gasteiger charge is 2.16. The Morgan fingerprint density at radius 3 is 1.07 bits per heavy atom. The van der Waals surface area contributed by atoms with Crippen molar-refractivity contribution >= 4 is 45.3 Å². The molecule has 0 nitrogen and oxygen atoms in total. The summed E-state index contributed by atoms with van der Waals surface area (Å²) in [6.45, 7) is 9.18. The first-order valence-electron chi connectivity index (χ1n) is 22.7. The van der Waals surface area contributed by atoms with Crippen LogP contribution in [-0.4, -0.2) is 0 Å². The lowest BCUT2D eigenvalue weighted by Crippen LogP contribution is -1.85. The lowest BCUT2D eigenvalue weighted by molar-refractivity contribution is 0.668. The van der Waals surface area contributed by atoms with Gasteiger partial charge in [-0.15, -0.1) is 45.3 Å². The van der Waals surface area contributed by atoms with Gasteiger partial charge in [0, 0.05) is 50.1 Å². The van der Waals surface area contributed by atoms with Gasteiger partial charge < -0.3 is 0 Å². The molecule has 58 heavy (non-hydrogen) atoms. The van der Waals surface area contributed by atoms with Crippen LogP contribution in [0.2, 0.25) is 0 Å². The molecule has 4 aromatic heterocycles. The molecule has 0 aliphatic heterocycles. The molecule has 6 rings (SSSR count). The maximum atomic E-state index is 3.46. The van der Waals surface area contributed by atoms with E-state index in [-0.39, 0.29) is 0 Å². The number of aryl methyl sites for hydroxylation is 4. The summed E-state index contributed by atoms with van der Waals surface area (Å²) in [6.07, 6.45) is 25.7. The maximum Gasteiger partial charge on any atom is 0.0481 e. The number of hydrogen-bond donors (Lipinski definition) is 0. The van der Waals surface area contributed by atoms with Crippen molar-refractivity contribution in [1.29, 1.82) is 0 Å². The zero-order chi connectivity index (χ0) is 40.4. The molecule has 0 aliphatic rings. The van der Waals surface area contributed by atoms with Crippen LogP contribution < -0.4 is 0 Å². The molecule has 6 aromatic rings. The first kappa shape index (κ1) is 44.4. The SMILES string of the molecule is CCCCCCc1ccc(-c2sc(-c3ccc(C#Cc4ccc(-c5cc(CCCCCC)c(-c6ccc(CCCCCC)s6)s5)cc4)cc3)cc2CCCCCC)s1. The monoisotopic (exact) mass is 842 g/mol. The molecular formula is C54H66S4. The van der Waals surface area contributed by atoms with E-state index in [2.05, 4.69) is 124 Å². The fourth-order valence-corrected chi connectivity index (χ4v) is 12.5. The Hall–Kier alpha value is -3.20. The third kappa shape index (κ3) is 13.1. The second-order valence-electron chi connectivity index (χ2n) is 16.1. The van der Waals surface area contributed by atoms with Crippen molar-refractivity contribution in [2.24, 2.45) is 0 Å². The van der Waals surface area contributed by atoms with Gasteiger partial charge >= 0.3 is 0 Å². The van der Waals surface area contributed by atoms with Crippen molar-refractivity contribution in [3.05, 3.63) is 117 Å². The highest BCUT2D eigenvalue weighted by atomic mass is 32.1. The molecule has 4 heteroatoms. The molecule has 0 unspecified atom stereocenters. The van der Waals surface area contributed by atoms with Gasteiger partial charge in [-0.3, -0.25) is 0 Å². The Bertz CT molecular complexity index is 1980. The van der Waals surface area contributed by atoms with E-state index >= 15 is 0 Å². The van der Waals surface area contributed by atoms with E-state index in [9.17, 15) is 0 Å². The summed E-state index contributed by atoms with van der Waals surface area (Å²) in [7, 11) is 0. The third-order valence-electron chi connectivity index (χ3n) is 11.2. The van der Waals surface area contributed by atoms with Crippen LogP contribution in [0, 0.1) is 11.8 Å². The highest BCUT2D eigenvalue weighted by molar-refractivity contribution is 7.24. The Morgan fingerprint density at radius 2 is 0.707 bits per heavy atom. The summed E-state index contributed by atoms with van der Waals surface area (Å²) in [4.78, 5) is 11.7. The molecular weight excluding hydrogens is 777 g/mol. The molecule has 4 heterocycles. The maximum absolute atomic E-state index is 3.46. The van der Waals surface area contributed by atoms with E-state index in [1.54, 1.807) is 0 Å². The van der Waals surface area contributed by atoms with E-state index in [0.717, 1.165) is 11.1 Å². The van der Waals surface area contributed by atoms with E-state index in [0.29, 0.717) is 0 Å². The van der Waals surface area contributed by atoms with Crippen molar-refractivity contribution in [2.45, 2.75) is 156 Å². The van der Waals surface area contributed by atoms with Gasteiger partial charge in [0.1, 0.15) is 0 Å². The summed E-state index contributed by atoms with van der Waals surface area (Å²) in [6, 6.07) is 32.4. The Balaban J connectivity index is 1.13. The van der Waals surface area contributed by atoms with Gasteiger partial charge in [-0.2, -0.15) is 0 Å². The van der Waals surface area contributed by atoms with Crippen molar-refractivity contribution < 1.29 is 0 Å². The van der Waals surface area contributed by atoms with Crippen LogP contribution in [0.25, 0.3) is 40.4 Å². The zero-order valence-electron chi connectivity index (χ0n) is 35.9. The lowest BCUT2D eigenvalue weighted by Gasteiger charge is -2.02. The van der Waals surface area contributed by atoms with Gasteiger partial charge in [-0.05, 0) is 134 Å². The number of rotatable bonds is 24. The van der Waals surface area contributed by atoms with Crippen LogP contribution in [0.5, 0.6) is 0 Å². The van der Waals surface area contributed by atoms with Crippen LogP contribution >= 0.6 is 45.3 Å². The smallest absolute Gasteiger partial charge is 0.0481 e. The third-order valence-corrected chi connectivity index (χ3v) is 16.3. The minimum atomic E-state index is 1.06. The molecule has 0 N–H and O–H groups in total. The molecule has 0 amide bonds. The fraction of sp³-hybridized carbons (Fsp3) is 0.444. The van der Waals surface area contributed by atoms with E-state index in [4.69, 9.17) is 0 Å². The number of unbranched alkanes of at least 4 members (excludes halogenated alkanes) is 12. The molecule has 0 spiro atoms. The topological polar surface area (TPSA) is 0 Å². The van der Waals surface area contributed by atoms with Gasteiger partial charge in [-0.1, -0.05) is 141 Å². The minimum Gasteiger partial charge on any atom is -0.139 e. The van der Waals surface area contributed by atoms with Crippen molar-refractivity contribution in [2.75, 3.05) is 0 Å². The molecule has 0 saturated heterocycles. The van der Waals surface area contributed by atoms with E-state index in [1.807, 2.05) is 45.3 Å². The predicted molar refractivity (Wildman–Crippen MR) is 263 cm³/mol. The average molecular weight is 843 g/mol. The Labute approximate surface area is 368 Å². The van der Waals surface area contributed by atoms with E-state index < -0.39 is 0 Å². The Kier molecular flexibility index (Phi) is 18.5. The van der Waals surface area contributed by atoms with Crippen LogP contribution in [0.4, 0.5) is 0 Å². The van der Waals surface area contributed by atoms with Crippen LogP contribution in [-0.2, 0) is 25.7 Å². The lowest BCUT2D eigenvalue weighted by atomic mass is 10.0. The molecule has 2 aromatic carbocycles. The van der Waals surface area contributed by atoms with Crippen LogP contribution in [0.15, 0.2) is 84.9 Å². The van der Waals surface area contributed by atoms with Gasteiger partial charge in [0.2, 0.25) is 0 Å². The van der Waals surface area contributed by atoms with Gasteiger partial charge in [0.15, 0.2) is 0 Å². The van der Waals surface area contributed by atoms with Crippen molar-refractivity contribution in [1.82, 2.24) is 0 Å². The normalized spacial score (nSPS) is 11.3. The first-order chi connectivity index (χ1) is 28.6. The zero-order valence-corrected chi connectivity index (χ0v) is 39.1. The molecule has 0 saturated carbocycles. The number of hydrogen-bond acceptors (Lipinski definition) is 4. The second kappa shape index (κ2) is 24.2. The first-order valence-corrected chi connectivity index (χ1v) is 26.0. The second-order valence-corrected chi connectivity index (χ2v) is 20.6. The average Bonchev–Trinajstić information content (AvgIpc) is 4.08. The predicted octanol–water partition coefficient (Wildman–Crippen LogP) is 18.5. The highest BCUT2D eigenvalue weighted by Crippen LogP contribution is 2.43. The summed E-state index contributed by atoms with van der Waals surface area (Å²) >= 11 is 7.99. The quantitative estimate of drug-likeness (QED) is 0.0421. The van der Waals surface area contributed by atoms with E-state index in [1.165, 1.54) is 190 Å². The number of benzene rings is 2. The minimum absolute atomic E-state index is 1.06. The molecule has 0 radical (unpaired) electrons. The van der Waals surface area contributed by atoms with Crippen molar-refractivity contribution in [3.63, 3.8) is 0 Å². The standard InChI is InChI=1S/C54H66S4/c1-5-9-13-17-21-45-39-51(57-53(45)49-37-35-47(55-49)23-19-15-11-7-3)43-31-27-41(28-32-43)25-26-42-29-33-44(34-30-42)52-40-46(22-18-14-10-6-2)54(58-52)50-38-36-48(56-50)24-20-16-12-8-4/h27-40H,5-24H2,1-4H3. The van der Waals surface area contributed by atoms with Crippen molar-refractivity contribution in [3.8, 4) is 52.2 Å². The summed E-state index contributed by atoms with van der Waals surface area (Å²) in [5.41, 5.74) is 7.77.